The van der Waals surface area contributed by atoms with Gasteiger partial charge < -0.3 is 14.8 Å². The average molecular weight is 301 g/mol. The maximum Gasteiger partial charge on any atom is 0.350 e. The summed E-state index contributed by atoms with van der Waals surface area (Å²) in [6.45, 7) is 2.98. The summed E-state index contributed by atoms with van der Waals surface area (Å²) in [6.07, 6.45) is 2.14. The van der Waals surface area contributed by atoms with Crippen molar-refractivity contribution in [3.8, 4) is 0 Å². The predicted octanol–water partition coefficient (Wildman–Crippen LogP) is 1.49. The lowest BCUT2D eigenvalue weighted by molar-refractivity contribution is -0.222. The summed E-state index contributed by atoms with van der Waals surface area (Å²) in [5.74, 6) is -2.53. The van der Waals surface area contributed by atoms with Gasteiger partial charge in [-0.25, -0.2) is 9.59 Å². The number of esters is 2. The first-order chi connectivity index (χ1) is 10.3. The maximum atomic E-state index is 11.8. The van der Waals surface area contributed by atoms with Gasteiger partial charge in [-0.2, -0.15) is 0 Å². The van der Waals surface area contributed by atoms with Crippen LogP contribution in [0, 0.1) is 0 Å². The molecule has 0 radical (unpaired) electrons. The fraction of sp³-hybridized carbons (Fsp3) is 0.312. The minimum absolute atomic E-state index is 0.187. The maximum absolute atomic E-state index is 11.8. The van der Waals surface area contributed by atoms with Crippen LogP contribution in [0.3, 0.4) is 0 Å². The third-order valence-electron chi connectivity index (χ3n) is 3.48. The number of rotatable bonds is 2. The number of hydrogen-bond acceptors (Lipinski definition) is 6. The second-order valence-corrected chi connectivity index (χ2v) is 5.76. The molecule has 6 heteroatoms. The molecule has 1 aromatic rings. The summed E-state index contributed by atoms with van der Waals surface area (Å²) in [5.41, 5.74) is 2.46. The molecule has 1 heterocycles. The van der Waals surface area contributed by atoms with Crippen molar-refractivity contribution in [2.75, 3.05) is 5.32 Å². The van der Waals surface area contributed by atoms with E-state index in [-0.39, 0.29) is 11.4 Å². The molecule has 1 fully saturated rings. The van der Waals surface area contributed by atoms with Gasteiger partial charge in [0.1, 0.15) is 5.78 Å². The molecule has 0 spiro atoms. The summed E-state index contributed by atoms with van der Waals surface area (Å²) in [5, 5.41) is 2.87. The van der Waals surface area contributed by atoms with Crippen molar-refractivity contribution in [1.29, 1.82) is 0 Å². The lowest BCUT2D eigenvalue weighted by Crippen LogP contribution is -2.42. The Kier molecular flexibility index (Phi) is 3.24. The Morgan fingerprint density at radius 3 is 2.36 bits per heavy atom. The molecule has 2 aliphatic rings. The Hall–Kier alpha value is -2.63. The van der Waals surface area contributed by atoms with Crippen LogP contribution in [0.25, 0.3) is 0 Å². The number of benzene rings is 1. The third-order valence-corrected chi connectivity index (χ3v) is 3.48. The van der Waals surface area contributed by atoms with Gasteiger partial charge in [-0.3, -0.25) is 4.79 Å². The van der Waals surface area contributed by atoms with Gasteiger partial charge in [-0.05, 0) is 23.3 Å². The van der Waals surface area contributed by atoms with E-state index in [1.807, 2.05) is 12.1 Å². The van der Waals surface area contributed by atoms with Crippen molar-refractivity contribution in [3.63, 3.8) is 0 Å². The fourth-order valence-corrected chi connectivity index (χ4v) is 2.47. The van der Waals surface area contributed by atoms with Gasteiger partial charge in [-0.15, -0.1) is 0 Å². The summed E-state index contributed by atoms with van der Waals surface area (Å²) in [4.78, 5) is 35.0. The molecule has 22 heavy (non-hydrogen) atoms. The predicted molar refractivity (Wildman–Crippen MR) is 76.8 cm³/mol. The van der Waals surface area contributed by atoms with Crippen LogP contribution in [0.5, 0.6) is 0 Å². The van der Waals surface area contributed by atoms with Crippen LogP contribution < -0.4 is 5.32 Å². The van der Waals surface area contributed by atoms with Crippen LogP contribution in [0.4, 0.5) is 5.69 Å². The van der Waals surface area contributed by atoms with Crippen LogP contribution in [-0.2, 0) is 36.7 Å². The highest BCUT2D eigenvalue weighted by Crippen LogP contribution is 2.25. The second kappa shape index (κ2) is 4.98. The number of carbonyl (C=O) groups excluding carboxylic acids is 3. The summed E-state index contributed by atoms with van der Waals surface area (Å²) in [7, 11) is 0. The number of Topliss-reactive ketones (excluding diaryl/α,β-unsaturated/α-hetero) is 1. The molecule has 0 saturated carbocycles. The molecule has 1 aliphatic heterocycles. The molecule has 1 aliphatic carbocycles. The van der Waals surface area contributed by atoms with Crippen LogP contribution in [0.1, 0.15) is 25.0 Å². The second-order valence-electron chi connectivity index (χ2n) is 5.76. The zero-order valence-corrected chi connectivity index (χ0v) is 12.3. The molecule has 1 saturated heterocycles. The van der Waals surface area contributed by atoms with E-state index >= 15 is 0 Å². The largest absolute Gasteiger partial charge is 0.419 e. The Balaban J connectivity index is 1.77. The van der Waals surface area contributed by atoms with E-state index in [0.717, 1.165) is 11.1 Å². The Morgan fingerprint density at radius 2 is 1.68 bits per heavy atom. The van der Waals surface area contributed by atoms with E-state index in [4.69, 9.17) is 9.47 Å². The molecule has 6 nitrogen and oxygen atoms in total. The van der Waals surface area contributed by atoms with Gasteiger partial charge in [-0.1, -0.05) is 6.07 Å². The molecule has 1 N–H and O–H groups in total. The number of carbonyl (C=O) groups is 3. The monoisotopic (exact) mass is 301 g/mol. The number of cyclic esters (lactones) is 2. The number of nitrogens with one attached hydrogen (secondary N) is 1. The van der Waals surface area contributed by atoms with Crippen molar-refractivity contribution >= 4 is 23.4 Å². The zero-order valence-electron chi connectivity index (χ0n) is 12.3. The quantitative estimate of drug-likeness (QED) is 0.506. The molecule has 0 atom stereocenters. The first kappa shape index (κ1) is 14.3. The summed E-state index contributed by atoms with van der Waals surface area (Å²) < 4.78 is 10.00. The zero-order chi connectivity index (χ0) is 15.9. The van der Waals surface area contributed by atoms with Gasteiger partial charge in [0, 0.05) is 38.6 Å². The van der Waals surface area contributed by atoms with E-state index in [9.17, 15) is 14.4 Å². The number of ether oxygens (including phenoxy) is 2. The van der Waals surface area contributed by atoms with Crippen LogP contribution >= 0.6 is 0 Å². The standard InChI is InChI=1S/C16H15NO5/c1-16(2)21-14(19)13(15(20)22-16)8-17-11-4-3-9-6-12(18)7-10(9)5-11/h3-5,8,17H,6-7H2,1-2H3. The Morgan fingerprint density at radius 1 is 1.05 bits per heavy atom. The SMILES string of the molecule is CC1(C)OC(=O)C(=CNc2ccc3c(c2)CC(=O)C3)C(=O)O1. The van der Waals surface area contributed by atoms with Crippen molar-refractivity contribution in [1.82, 2.24) is 0 Å². The topological polar surface area (TPSA) is 81.7 Å². The smallest absolute Gasteiger partial charge is 0.350 e. The molecule has 0 aromatic heterocycles. The highest BCUT2D eigenvalue weighted by Gasteiger charge is 2.38. The first-order valence-corrected chi connectivity index (χ1v) is 6.91. The van der Waals surface area contributed by atoms with Gasteiger partial charge >= 0.3 is 11.9 Å². The number of fused-ring (bicyclic) bond motifs is 1. The molecular formula is C16H15NO5. The van der Waals surface area contributed by atoms with Gasteiger partial charge in [0.25, 0.3) is 5.79 Å². The van der Waals surface area contributed by atoms with Crippen LogP contribution in [0.15, 0.2) is 30.0 Å². The summed E-state index contributed by atoms with van der Waals surface area (Å²) >= 11 is 0. The van der Waals surface area contributed by atoms with Gasteiger partial charge in [0.05, 0.1) is 0 Å². The lowest BCUT2D eigenvalue weighted by atomic mass is 10.1. The van der Waals surface area contributed by atoms with E-state index < -0.39 is 17.7 Å². The number of ketones is 1. The van der Waals surface area contributed by atoms with Gasteiger partial charge in [0.2, 0.25) is 0 Å². The van der Waals surface area contributed by atoms with Crippen molar-refractivity contribution in [3.05, 3.63) is 41.1 Å². The fourth-order valence-electron chi connectivity index (χ4n) is 2.47. The number of anilines is 1. The van der Waals surface area contributed by atoms with Crippen molar-refractivity contribution in [2.24, 2.45) is 0 Å². The van der Waals surface area contributed by atoms with E-state index in [2.05, 4.69) is 5.32 Å². The Labute approximate surface area is 127 Å². The van der Waals surface area contributed by atoms with E-state index in [1.54, 1.807) is 6.07 Å². The normalized spacial score (nSPS) is 19.4. The molecule has 3 rings (SSSR count). The first-order valence-electron chi connectivity index (χ1n) is 6.91. The number of hydrogen-bond donors (Lipinski definition) is 1. The molecule has 0 unspecified atom stereocenters. The lowest BCUT2D eigenvalue weighted by Gasteiger charge is -2.29. The third kappa shape index (κ3) is 2.72. The highest BCUT2D eigenvalue weighted by atomic mass is 16.7. The minimum atomic E-state index is -1.25. The molecule has 0 bridgehead atoms. The summed E-state index contributed by atoms with van der Waals surface area (Å²) in [6, 6.07) is 5.49. The molecule has 1 aromatic carbocycles. The van der Waals surface area contributed by atoms with Crippen molar-refractivity contribution in [2.45, 2.75) is 32.5 Å². The minimum Gasteiger partial charge on any atom is -0.419 e. The molecule has 114 valence electrons. The van der Waals surface area contributed by atoms with E-state index in [1.165, 1.54) is 20.0 Å². The van der Waals surface area contributed by atoms with Crippen LogP contribution in [-0.4, -0.2) is 23.5 Å². The molecular weight excluding hydrogens is 286 g/mol. The van der Waals surface area contributed by atoms with E-state index in [0.29, 0.717) is 18.5 Å². The van der Waals surface area contributed by atoms with Gasteiger partial charge in [0.15, 0.2) is 5.57 Å². The van der Waals surface area contributed by atoms with Crippen molar-refractivity contribution < 1.29 is 23.9 Å². The van der Waals surface area contributed by atoms with Crippen LogP contribution in [0.2, 0.25) is 0 Å². The molecule has 0 amide bonds. The highest BCUT2D eigenvalue weighted by molar-refractivity contribution is 6.15. The Bertz CT molecular complexity index is 695. The average Bonchev–Trinajstić information content (AvgIpc) is 2.75.